The van der Waals surface area contributed by atoms with E-state index in [4.69, 9.17) is 10.5 Å². The Kier molecular flexibility index (Phi) is 5.35. The van der Waals surface area contributed by atoms with Gasteiger partial charge >= 0.3 is 0 Å². The van der Waals surface area contributed by atoms with E-state index in [-0.39, 0.29) is 5.91 Å². The van der Waals surface area contributed by atoms with E-state index < -0.39 is 0 Å². The van der Waals surface area contributed by atoms with E-state index in [2.05, 4.69) is 25.7 Å². The highest BCUT2D eigenvalue weighted by Crippen LogP contribution is 2.19. The van der Waals surface area contributed by atoms with Crippen LogP contribution in [0.25, 0.3) is 0 Å². The molecule has 2 aliphatic heterocycles. The fourth-order valence-electron chi connectivity index (χ4n) is 3.67. The lowest BCUT2D eigenvalue weighted by Crippen LogP contribution is -2.40. The van der Waals surface area contributed by atoms with Crippen LogP contribution >= 0.6 is 0 Å². The summed E-state index contributed by atoms with van der Waals surface area (Å²) in [7, 11) is 0. The predicted octanol–water partition coefficient (Wildman–Crippen LogP) is 0.667. The Bertz CT molecular complexity index is 799. The molecule has 2 aromatic rings. The molecule has 4 rings (SSSR count). The van der Waals surface area contributed by atoms with Crippen LogP contribution in [-0.4, -0.2) is 63.3 Å². The Balaban J connectivity index is 1.33. The van der Waals surface area contributed by atoms with Crippen molar-refractivity contribution in [2.45, 2.75) is 32.5 Å². The van der Waals surface area contributed by atoms with Gasteiger partial charge in [-0.1, -0.05) is 6.07 Å². The van der Waals surface area contributed by atoms with Crippen molar-refractivity contribution in [3.8, 4) is 0 Å². The molecule has 144 valence electrons. The molecule has 2 aromatic heterocycles. The normalized spacial score (nSPS) is 17.7. The number of ether oxygens (including phenoxy) is 1. The third-order valence-corrected chi connectivity index (χ3v) is 5.21. The maximum atomic E-state index is 12.3. The van der Waals surface area contributed by atoms with Crippen LogP contribution in [0.3, 0.4) is 0 Å². The van der Waals surface area contributed by atoms with Gasteiger partial charge in [-0.2, -0.15) is 5.10 Å². The third-order valence-electron chi connectivity index (χ3n) is 5.21. The molecular formula is C19H26N6O2. The summed E-state index contributed by atoms with van der Waals surface area (Å²) in [5.74, 6) is 0.789. The number of aryl methyl sites for hydroxylation is 1. The van der Waals surface area contributed by atoms with Gasteiger partial charge in [0.1, 0.15) is 5.82 Å². The van der Waals surface area contributed by atoms with Crippen LogP contribution in [-0.2, 0) is 35.6 Å². The molecule has 8 nitrogen and oxygen atoms in total. The summed E-state index contributed by atoms with van der Waals surface area (Å²) in [5, 5.41) is 4.68. The molecule has 0 aromatic carbocycles. The number of nitrogens with zero attached hydrogens (tertiary/aromatic N) is 5. The molecule has 2 aliphatic rings. The summed E-state index contributed by atoms with van der Waals surface area (Å²) >= 11 is 0. The molecule has 1 fully saturated rings. The van der Waals surface area contributed by atoms with E-state index in [9.17, 15) is 4.79 Å². The second-order valence-electron chi connectivity index (χ2n) is 7.10. The molecule has 0 radical (unpaired) electrons. The zero-order valence-corrected chi connectivity index (χ0v) is 15.5. The smallest absolute Gasteiger partial charge is 0.223 e. The molecule has 0 aliphatic carbocycles. The van der Waals surface area contributed by atoms with E-state index in [1.165, 1.54) is 5.69 Å². The molecule has 8 heteroatoms. The zero-order valence-electron chi connectivity index (χ0n) is 15.5. The monoisotopic (exact) mass is 370 g/mol. The molecule has 27 heavy (non-hydrogen) atoms. The Morgan fingerprint density at radius 3 is 2.89 bits per heavy atom. The van der Waals surface area contributed by atoms with Crippen LogP contribution in [0.4, 0.5) is 5.82 Å². The first-order valence-corrected chi connectivity index (χ1v) is 9.52. The zero-order chi connectivity index (χ0) is 18.6. The molecule has 0 spiro atoms. The number of nitrogen functional groups attached to an aromatic ring is 1. The largest absolute Gasteiger partial charge is 0.383 e. The van der Waals surface area contributed by atoms with Gasteiger partial charge in [-0.3, -0.25) is 14.4 Å². The fourth-order valence-corrected chi connectivity index (χ4v) is 3.67. The highest BCUT2D eigenvalue weighted by atomic mass is 16.5. The van der Waals surface area contributed by atoms with Crippen molar-refractivity contribution in [1.29, 1.82) is 0 Å². The van der Waals surface area contributed by atoms with Gasteiger partial charge in [-0.15, -0.1) is 0 Å². The van der Waals surface area contributed by atoms with E-state index in [1.54, 1.807) is 6.20 Å². The Labute approximate surface area is 158 Å². The number of carbonyl (C=O) groups excluding carboxylic acids is 1. The van der Waals surface area contributed by atoms with E-state index >= 15 is 0 Å². The van der Waals surface area contributed by atoms with Gasteiger partial charge < -0.3 is 15.4 Å². The molecule has 2 N–H and O–H groups in total. The molecule has 0 bridgehead atoms. The van der Waals surface area contributed by atoms with Crippen molar-refractivity contribution in [2.75, 3.05) is 38.6 Å². The second-order valence-corrected chi connectivity index (χ2v) is 7.10. The summed E-state index contributed by atoms with van der Waals surface area (Å²) < 4.78 is 7.37. The van der Waals surface area contributed by atoms with Gasteiger partial charge in [0.25, 0.3) is 0 Å². The maximum Gasteiger partial charge on any atom is 0.223 e. The molecule has 0 atom stereocenters. The first-order valence-electron chi connectivity index (χ1n) is 9.52. The number of rotatable bonds is 5. The first kappa shape index (κ1) is 17.9. The Hall–Kier alpha value is -2.45. The topological polar surface area (TPSA) is 89.5 Å². The van der Waals surface area contributed by atoms with Crippen molar-refractivity contribution in [3.63, 3.8) is 0 Å². The standard InChI is InChI=1S/C19H26N6O2/c20-19-15(2-1-5-21-19)13-23-6-7-25-17(14-23)12-16(22-25)3-4-18(26)24-8-10-27-11-9-24/h1-2,5,12H,3-4,6-11,13-14H2,(H2,20,21). The van der Waals surface area contributed by atoms with Gasteiger partial charge in [0.2, 0.25) is 5.91 Å². The minimum absolute atomic E-state index is 0.193. The van der Waals surface area contributed by atoms with Gasteiger partial charge in [0, 0.05) is 57.3 Å². The van der Waals surface area contributed by atoms with Crippen molar-refractivity contribution >= 4 is 11.7 Å². The number of pyridine rings is 1. The van der Waals surface area contributed by atoms with Crippen molar-refractivity contribution < 1.29 is 9.53 Å². The quantitative estimate of drug-likeness (QED) is 0.832. The molecule has 1 saturated heterocycles. The van der Waals surface area contributed by atoms with Crippen molar-refractivity contribution in [1.82, 2.24) is 24.6 Å². The van der Waals surface area contributed by atoms with Gasteiger partial charge in [-0.05, 0) is 12.1 Å². The SMILES string of the molecule is Nc1ncccc1CN1CCn2nc(CCC(=O)N3CCOCC3)cc2C1. The fraction of sp³-hybridized carbons (Fsp3) is 0.526. The van der Waals surface area contributed by atoms with Crippen molar-refractivity contribution in [2.24, 2.45) is 0 Å². The van der Waals surface area contributed by atoms with Gasteiger partial charge in [0.15, 0.2) is 0 Å². The summed E-state index contributed by atoms with van der Waals surface area (Å²) in [6, 6.07) is 6.08. The second kappa shape index (κ2) is 8.06. The van der Waals surface area contributed by atoms with Crippen molar-refractivity contribution in [3.05, 3.63) is 41.3 Å². The molecular weight excluding hydrogens is 344 g/mol. The van der Waals surface area contributed by atoms with Crippen LogP contribution < -0.4 is 5.73 Å². The summed E-state index contributed by atoms with van der Waals surface area (Å²) in [5.41, 5.74) is 9.21. The minimum Gasteiger partial charge on any atom is -0.383 e. The maximum absolute atomic E-state index is 12.3. The molecule has 0 unspecified atom stereocenters. The van der Waals surface area contributed by atoms with Crippen LogP contribution in [0.5, 0.6) is 0 Å². The number of aromatic nitrogens is 3. The number of hydrogen-bond donors (Lipinski definition) is 1. The highest BCUT2D eigenvalue weighted by molar-refractivity contribution is 5.76. The number of amides is 1. The lowest BCUT2D eigenvalue weighted by molar-refractivity contribution is -0.135. The average Bonchev–Trinajstić information content (AvgIpc) is 3.11. The van der Waals surface area contributed by atoms with Crippen LogP contribution in [0.15, 0.2) is 24.4 Å². The van der Waals surface area contributed by atoms with Gasteiger partial charge in [0.05, 0.1) is 31.1 Å². The lowest BCUT2D eigenvalue weighted by Gasteiger charge is -2.27. The number of fused-ring (bicyclic) bond motifs is 1. The Morgan fingerprint density at radius 2 is 2.07 bits per heavy atom. The number of nitrogens with two attached hydrogens (primary N) is 1. The number of morpholine rings is 1. The van der Waals surface area contributed by atoms with Crippen LogP contribution in [0, 0.1) is 0 Å². The number of anilines is 1. The minimum atomic E-state index is 0.193. The van der Waals surface area contributed by atoms with Crippen LogP contribution in [0.2, 0.25) is 0 Å². The number of carbonyl (C=O) groups is 1. The number of hydrogen-bond acceptors (Lipinski definition) is 6. The third kappa shape index (κ3) is 4.28. The molecule has 4 heterocycles. The van der Waals surface area contributed by atoms with Gasteiger partial charge in [-0.25, -0.2) is 4.98 Å². The summed E-state index contributed by atoms with van der Waals surface area (Å²) in [4.78, 5) is 20.7. The van der Waals surface area contributed by atoms with E-state index in [0.717, 1.165) is 37.4 Å². The highest BCUT2D eigenvalue weighted by Gasteiger charge is 2.21. The van der Waals surface area contributed by atoms with Crippen LogP contribution in [0.1, 0.15) is 23.4 Å². The Morgan fingerprint density at radius 1 is 1.22 bits per heavy atom. The lowest BCUT2D eigenvalue weighted by atomic mass is 10.2. The predicted molar refractivity (Wildman–Crippen MR) is 101 cm³/mol. The average molecular weight is 370 g/mol. The first-order chi connectivity index (χ1) is 13.2. The summed E-state index contributed by atoms with van der Waals surface area (Å²) in [6.45, 7) is 6.08. The summed E-state index contributed by atoms with van der Waals surface area (Å²) in [6.07, 6.45) is 2.91. The van der Waals surface area contributed by atoms with E-state index in [1.807, 2.05) is 17.0 Å². The molecule has 1 amide bonds. The van der Waals surface area contributed by atoms with E-state index in [0.29, 0.717) is 45.0 Å². The molecule has 0 saturated carbocycles.